The Kier molecular flexibility index (Phi) is 4.11. The molecule has 90 valence electrons. The van der Waals surface area contributed by atoms with Gasteiger partial charge in [0.05, 0.1) is 3.57 Å². The van der Waals surface area contributed by atoms with Crippen LogP contribution in [0.4, 0.5) is 0 Å². The topological polar surface area (TPSA) is 9.23 Å². The molecule has 0 atom stereocenters. The molecule has 0 heterocycles. The lowest BCUT2D eigenvalue weighted by atomic mass is 10.2. The maximum atomic E-state index is 6.28. The molecule has 0 aliphatic heterocycles. The van der Waals surface area contributed by atoms with E-state index in [1.165, 1.54) is 9.13 Å². The van der Waals surface area contributed by atoms with Gasteiger partial charge in [0, 0.05) is 0 Å². The van der Waals surface area contributed by atoms with Gasteiger partial charge in [-0.3, -0.25) is 0 Å². The van der Waals surface area contributed by atoms with Crippen LogP contribution < -0.4 is 4.43 Å². The third-order valence-corrected chi connectivity index (χ3v) is 8.44. The van der Waals surface area contributed by atoms with Crippen molar-refractivity contribution in [3.8, 4) is 5.75 Å². The summed E-state index contributed by atoms with van der Waals surface area (Å²) in [4.78, 5) is 0. The van der Waals surface area contributed by atoms with Crippen molar-refractivity contribution in [3.63, 3.8) is 0 Å². The van der Waals surface area contributed by atoms with E-state index < -0.39 is 8.32 Å². The average Bonchev–Trinajstić information content (AvgIpc) is 2.08. The van der Waals surface area contributed by atoms with Crippen molar-refractivity contribution in [2.75, 3.05) is 0 Å². The minimum absolute atomic E-state index is 0.251. The van der Waals surface area contributed by atoms with Crippen molar-refractivity contribution >= 4 is 30.9 Å². The second kappa shape index (κ2) is 4.68. The Balaban J connectivity index is 2.97. The summed E-state index contributed by atoms with van der Waals surface area (Å²) >= 11 is 2.35. The van der Waals surface area contributed by atoms with Gasteiger partial charge >= 0.3 is 0 Å². The fraction of sp³-hybridized carbons (Fsp3) is 0.538. The van der Waals surface area contributed by atoms with E-state index >= 15 is 0 Å². The molecular weight excluding hydrogens is 327 g/mol. The van der Waals surface area contributed by atoms with Crippen LogP contribution >= 0.6 is 22.6 Å². The van der Waals surface area contributed by atoms with E-state index in [4.69, 9.17) is 4.43 Å². The largest absolute Gasteiger partial charge is 0.543 e. The zero-order chi connectivity index (χ0) is 12.6. The van der Waals surface area contributed by atoms with Gasteiger partial charge in [-0.15, -0.1) is 0 Å². The summed E-state index contributed by atoms with van der Waals surface area (Å²) in [6, 6.07) is 6.38. The standard InChI is InChI=1S/C13H21IOSi/c1-10-7-8-12(11(14)9-10)15-16(5,6)13(2,3)4/h7-9H,1-6H3. The Morgan fingerprint density at radius 3 is 2.19 bits per heavy atom. The SMILES string of the molecule is Cc1ccc(O[Si](C)(C)C(C)(C)C)c(I)c1. The van der Waals surface area contributed by atoms with Gasteiger partial charge in [-0.2, -0.15) is 0 Å². The molecule has 0 aliphatic carbocycles. The number of halogens is 1. The minimum Gasteiger partial charge on any atom is -0.543 e. The normalized spacial score (nSPS) is 12.7. The average molecular weight is 348 g/mol. The Hall–Kier alpha value is -0.0331. The van der Waals surface area contributed by atoms with Crippen molar-refractivity contribution < 1.29 is 4.43 Å². The molecule has 0 radical (unpaired) electrons. The molecule has 0 unspecified atom stereocenters. The molecule has 16 heavy (non-hydrogen) atoms. The highest BCUT2D eigenvalue weighted by Gasteiger charge is 2.39. The summed E-state index contributed by atoms with van der Waals surface area (Å²) in [7, 11) is -1.70. The van der Waals surface area contributed by atoms with Crippen molar-refractivity contribution in [2.24, 2.45) is 0 Å². The maximum Gasteiger partial charge on any atom is 0.250 e. The van der Waals surface area contributed by atoms with Crippen molar-refractivity contribution in [1.82, 2.24) is 0 Å². The highest BCUT2D eigenvalue weighted by molar-refractivity contribution is 14.1. The summed E-state index contributed by atoms with van der Waals surface area (Å²) in [6.45, 7) is 13.5. The number of hydrogen-bond acceptors (Lipinski definition) is 1. The molecule has 0 saturated carbocycles. The summed E-state index contributed by atoms with van der Waals surface area (Å²) < 4.78 is 7.49. The Morgan fingerprint density at radius 2 is 1.75 bits per heavy atom. The van der Waals surface area contributed by atoms with Crippen LogP contribution in [0.15, 0.2) is 18.2 Å². The van der Waals surface area contributed by atoms with E-state index in [1.54, 1.807) is 0 Å². The molecule has 0 aromatic heterocycles. The Labute approximate surface area is 114 Å². The van der Waals surface area contributed by atoms with E-state index in [-0.39, 0.29) is 5.04 Å². The number of rotatable bonds is 2. The highest BCUT2D eigenvalue weighted by atomic mass is 127. The second-order valence-corrected chi connectivity index (χ2v) is 11.7. The zero-order valence-electron chi connectivity index (χ0n) is 11.0. The van der Waals surface area contributed by atoms with Crippen LogP contribution in [0.25, 0.3) is 0 Å². The van der Waals surface area contributed by atoms with Crippen LogP contribution in [0.5, 0.6) is 5.75 Å². The Morgan fingerprint density at radius 1 is 1.19 bits per heavy atom. The first-order chi connectivity index (χ1) is 7.13. The van der Waals surface area contributed by atoms with Crippen LogP contribution in [0.3, 0.4) is 0 Å². The van der Waals surface area contributed by atoms with E-state index in [9.17, 15) is 0 Å². The molecule has 0 N–H and O–H groups in total. The van der Waals surface area contributed by atoms with E-state index in [2.05, 4.69) is 81.6 Å². The smallest absolute Gasteiger partial charge is 0.250 e. The van der Waals surface area contributed by atoms with Gasteiger partial charge in [0.2, 0.25) is 0 Å². The lowest BCUT2D eigenvalue weighted by Crippen LogP contribution is -2.44. The van der Waals surface area contributed by atoms with Crippen LogP contribution in [0, 0.1) is 10.5 Å². The van der Waals surface area contributed by atoms with Crippen LogP contribution in [-0.2, 0) is 0 Å². The highest BCUT2D eigenvalue weighted by Crippen LogP contribution is 2.38. The molecular formula is C13H21IOSi. The third kappa shape index (κ3) is 3.23. The first-order valence-electron chi connectivity index (χ1n) is 5.59. The molecule has 1 aromatic rings. The molecule has 0 fully saturated rings. The molecule has 3 heteroatoms. The van der Waals surface area contributed by atoms with Crippen molar-refractivity contribution in [1.29, 1.82) is 0 Å². The van der Waals surface area contributed by atoms with E-state index in [0.717, 1.165) is 5.75 Å². The minimum atomic E-state index is -1.70. The quantitative estimate of drug-likeness (QED) is 0.541. The first-order valence-corrected chi connectivity index (χ1v) is 9.57. The molecule has 0 amide bonds. The monoisotopic (exact) mass is 348 g/mol. The summed E-state index contributed by atoms with van der Waals surface area (Å²) in [6.07, 6.45) is 0. The van der Waals surface area contributed by atoms with E-state index in [0.29, 0.717) is 0 Å². The molecule has 1 rings (SSSR count). The molecule has 0 bridgehead atoms. The lowest BCUT2D eigenvalue weighted by molar-refractivity contribution is 0.489. The van der Waals surface area contributed by atoms with Gasteiger partial charge < -0.3 is 4.43 Å². The van der Waals surface area contributed by atoms with Gasteiger partial charge in [0.25, 0.3) is 8.32 Å². The molecule has 1 nitrogen and oxygen atoms in total. The number of hydrogen-bond donors (Lipinski definition) is 0. The number of benzene rings is 1. The molecule has 0 spiro atoms. The predicted octanol–water partition coefficient (Wildman–Crippen LogP) is 4.98. The Bertz CT molecular complexity index is 380. The summed E-state index contributed by atoms with van der Waals surface area (Å²) in [5, 5.41) is 0.251. The molecule has 0 saturated heterocycles. The lowest BCUT2D eigenvalue weighted by Gasteiger charge is -2.36. The van der Waals surface area contributed by atoms with Gasteiger partial charge in [-0.05, 0) is 65.3 Å². The fourth-order valence-corrected chi connectivity index (χ4v) is 3.14. The van der Waals surface area contributed by atoms with Crippen molar-refractivity contribution in [2.45, 2.75) is 45.8 Å². The van der Waals surface area contributed by atoms with Gasteiger partial charge in [0.1, 0.15) is 5.75 Å². The van der Waals surface area contributed by atoms with Crippen LogP contribution in [-0.4, -0.2) is 8.32 Å². The van der Waals surface area contributed by atoms with Gasteiger partial charge in [-0.1, -0.05) is 26.8 Å². The summed E-state index contributed by atoms with van der Waals surface area (Å²) in [5.41, 5.74) is 1.28. The predicted molar refractivity (Wildman–Crippen MR) is 81.7 cm³/mol. The number of aryl methyl sites for hydroxylation is 1. The van der Waals surface area contributed by atoms with Crippen molar-refractivity contribution in [3.05, 3.63) is 27.3 Å². The van der Waals surface area contributed by atoms with E-state index in [1.807, 2.05) is 0 Å². The third-order valence-electron chi connectivity index (χ3n) is 3.26. The summed E-state index contributed by atoms with van der Waals surface area (Å²) in [5.74, 6) is 1.04. The fourth-order valence-electron chi connectivity index (χ4n) is 1.12. The second-order valence-electron chi connectivity index (χ2n) is 5.80. The van der Waals surface area contributed by atoms with Crippen LogP contribution in [0.2, 0.25) is 18.1 Å². The molecule has 0 aliphatic rings. The maximum absolute atomic E-state index is 6.28. The van der Waals surface area contributed by atoms with Crippen LogP contribution in [0.1, 0.15) is 26.3 Å². The molecule has 1 aromatic carbocycles. The van der Waals surface area contributed by atoms with Gasteiger partial charge in [-0.25, -0.2) is 0 Å². The van der Waals surface area contributed by atoms with Gasteiger partial charge in [0.15, 0.2) is 0 Å². The first kappa shape index (κ1) is 14.0. The zero-order valence-corrected chi connectivity index (χ0v) is 14.2.